The maximum absolute atomic E-state index is 5.76. The van der Waals surface area contributed by atoms with Gasteiger partial charge in [0.25, 0.3) is 0 Å². The Morgan fingerprint density at radius 1 is 1.06 bits per heavy atom. The Morgan fingerprint density at radius 2 is 1.56 bits per heavy atom. The normalized spacial score (nSPS) is 16.7. The van der Waals surface area contributed by atoms with Crippen LogP contribution in [-0.4, -0.2) is 37.2 Å². The van der Waals surface area contributed by atoms with E-state index in [0.717, 1.165) is 18.9 Å². The predicted molar refractivity (Wildman–Crippen MR) is 83.2 cm³/mol. The second-order valence-electron chi connectivity index (χ2n) is 4.76. The summed E-state index contributed by atoms with van der Waals surface area (Å²) in [5.74, 6) is 0.795. The number of likely N-dealkylation sites (tertiary alicyclic amines) is 1. The molecule has 0 bridgehead atoms. The zero-order chi connectivity index (χ0) is 14.4. The van der Waals surface area contributed by atoms with Crippen LogP contribution < -0.4 is 0 Å². The van der Waals surface area contributed by atoms with Crippen molar-refractivity contribution in [2.24, 2.45) is 5.92 Å². The highest BCUT2D eigenvalue weighted by atomic mass is 16.5. The highest BCUT2D eigenvalue weighted by molar-refractivity contribution is 4.73. The molecular formula is C16H37NO. The first kappa shape index (κ1) is 20.2. The Labute approximate surface area is 116 Å². The van der Waals surface area contributed by atoms with E-state index in [4.69, 9.17) is 4.74 Å². The minimum absolute atomic E-state index is 0.540. The summed E-state index contributed by atoms with van der Waals surface area (Å²) in [7, 11) is 0. The van der Waals surface area contributed by atoms with Gasteiger partial charge in [0.2, 0.25) is 0 Å². The van der Waals surface area contributed by atoms with E-state index < -0.39 is 0 Å². The molecule has 2 nitrogen and oxygen atoms in total. The van der Waals surface area contributed by atoms with Crippen molar-refractivity contribution < 1.29 is 4.74 Å². The van der Waals surface area contributed by atoms with Gasteiger partial charge in [0.15, 0.2) is 0 Å². The molecule has 112 valence electrons. The number of nitrogens with zero attached hydrogens (tertiary/aromatic N) is 1. The van der Waals surface area contributed by atoms with Gasteiger partial charge >= 0.3 is 0 Å². The maximum atomic E-state index is 5.76. The molecule has 0 amide bonds. The lowest BCUT2D eigenvalue weighted by Crippen LogP contribution is -2.38. The summed E-state index contributed by atoms with van der Waals surface area (Å²) in [6, 6.07) is 0. The summed E-state index contributed by atoms with van der Waals surface area (Å²) in [6.45, 7) is 19.4. The quantitative estimate of drug-likeness (QED) is 0.716. The van der Waals surface area contributed by atoms with Crippen molar-refractivity contribution in [2.45, 2.75) is 73.8 Å². The highest BCUT2D eigenvalue weighted by Crippen LogP contribution is 2.14. The molecule has 0 spiro atoms. The van der Waals surface area contributed by atoms with Crippen LogP contribution in [0.5, 0.6) is 0 Å². The van der Waals surface area contributed by atoms with Gasteiger partial charge in [-0.05, 0) is 25.2 Å². The zero-order valence-corrected chi connectivity index (χ0v) is 14.0. The topological polar surface area (TPSA) is 12.5 Å². The van der Waals surface area contributed by atoms with Crippen molar-refractivity contribution in [3.05, 3.63) is 0 Å². The first-order valence-corrected chi connectivity index (χ1v) is 8.06. The van der Waals surface area contributed by atoms with Crippen LogP contribution in [0.1, 0.15) is 67.7 Å². The Balaban J connectivity index is 0. The molecule has 1 fully saturated rings. The van der Waals surface area contributed by atoms with E-state index in [1.54, 1.807) is 0 Å². The summed E-state index contributed by atoms with van der Waals surface area (Å²) >= 11 is 0. The third-order valence-corrected chi connectivity index (χ3v) is 2.72. The van der Waals surface area contributed by atoms with Gasteiger partial charge in [-0.3, -0.25) is 0 Å². The maximum Gasteiger partial charge on any atom is 0.0599 e. The fraction of sp³-hybridized carbons (Fsp3) is 1.00. The minimum atomic E-state index is 0.540. The molecule has 0 aliphatic carbocycles. The molecule has 0 unspecified atom stereocenters. The van der Waals surface area contributed by atoms with Crippen molar-refractivity contribution in [1.29, 1.82) is 0 Å². The lowest BCUT2D eigenvalue weighted by atomic mass is 10.1. The summed E-state index contributed by atoms with van der Waals surface area (Å²) < 4.78 is 5.76. The fourth-order valence-electron chi connectivity index (χ4n) is 2.06. The van der Waals surface area contributed by atoms with Crippen LogP contribution >= 0.6 is 0 Å². The van der Waals surface area contributed by atoms with Gasteiger partial charge in [-0.1, -0.05) is 48.5 Å². The Kier molecular flexibility index (Phi) is 16.8. The van der Waals surface area contributed by atoms with E-state index in [2.05, 4.69) is 25.7 Å². The van der Waals surface area contributed by atoms with Gasteiger partial charge in [0, 0.05) is 26.2 Å². The summed E-state index contributed by atoms with van der Waals surface area (Å²) in [5.41, 5.74) is 0. The van der Waals surface area contributed by atoms with E-state index in [1.165, 1.54) is 32.5 Å². The third-order valence-electron chi connectivity index (χ3n) is 2.72. The van der Waals surface area contributed by atoms with Crippen molar-refractivity contribution in [3.63, 3.8) is 0 Å². The van der Waals surface area contributed by atoms with E-state index in [-0.39, 0.29) is 0 Å². The number of piperidine rings is 1. The third kappa shape index (κ3) is 11.0. The summed E-state index contributed by atoms with van der Waals surface area (Å²) in [6.07, 6.45) is 4.14. The number of hydrogen-bond acceptors (Lipinski definition) is 2. The second kappa shape index (κ2) is 15.0. The largest absolute Gasteiger partial charge is 0.378 e. The predicted octanol–water partition coefficient (Wildman–Crippen LogP) is 4.59. The Hall–Kier alpha value is -0.0800. The van der Waals surface area contributed by atoms with Gasteiger partial charge in [-0.15, -0.1) is 0 Å². The number of rotatable bonds is 5. The summed E-state index contributed by atoms with van der Waals surface area (Å²) in [5, 5.41) is 0. The lowest BCUT2D eigenvalue weighted by Gasteiger charge is -2.32. The number of hydrogen-bond donors (Lipinski definition) is 0. The van der Waals surface area contributed by atoms with Crippen molar-refractivity contribution in [2.75, 3.05) is 26.2 Å². The monoisotopic (exact) mass is 259 g/mol. The van der Waals surface area contributed by atoms with Crippen LogP contribution in [0.15, 0.2) is 0 Å². The SMILES string of the molecule is CC.CC.CCCOC1CCN(CC(C)C)CC1. The first-order valence-electron chi connectivity index (χ1n) is 8.06. The van der Waals surface area contributed by atoms with E-state index in [9.17, 15) is 0 Å². The molecule has 1 heterocycles. The van der Waals surface area contributed by atoms with E-state index >= 15 is 0 Å². The standard InChI is InChI=1S/C12H25NO.2C2H6/c1-4-9-14-12-5-7-13(8-6-12)10-11(2)3;2*1-2/h11-12H,4-10H2,1-3H3;2*1-2H3. The molecule has 0 aromatic carbocycles. The molecule has 1 rings (SSSR count). The highest BCUT2D eigenvalue weighted by Gasteiger charge is 2.19. The average molecular weight is 259 g/mol. The molecule has 0 N–H and O–H groups in total. The van der Waals surface area contributed by atoms with Crippen LogP contribution in [0.2, 0.25) is 0 Å². The summed E-state index contributed by atoms with van der Waals surface area (Å²) in [4.78, 5) is 2.57. The molecule has 0 saturated carbocycles. The van der Waals surface area contributed by atoms with Crippen LogP contribution in [0.4, 0.5) is 0 Å². The molecule has 1 aliphatic rings. The Morgan fingerprint density at radius 3 is 1.94 bits per heavy atom. The van der Waals surface area contributed by atoms with Crippen molar-refractivity contribution in [3.8, 4) is 0 Å². The van der Waals surface area contributed by atoms with Crippen LogP contribution in [0.3, 0.4) is 0 Å². The van der Waals surface area contributed by atoms with E-state index in [1.807, 2.05) is 27.7 Å². The molecule has 18 heavy (non-hydrogen) atoms. The fourth-order valence-corrected chi connectivity index (χ4v) is 2.06. The molecule has 0 atom stereocenters. The smallest absolute Gasteiger partial charge is 0.0599 e. The van der Waals surface area contributed by atoms with Crippen LogP contribution in [0.25, 0.3) is 0 Å². The molecular weight excluding hydrogens is 222 g/mol. The Bertz CT molecular complexity index is 140. The molecule has 0 aromatic rings. The number of ether oxygens (including phenoxy) is 1. The molecule has 0 radical (unpaired) electrons. The van der Waals surface area contributed by atoms with Gasteiger partial charge in [0.05, 0.1) is 6.10 Å². The van der Waals surface area contributed by atoms with E-state index in [0.29, 0.717) is 6.10 Å². The average Bonchev–Trinajstić information content (AvgIpc) is 2.42. The molecule has 1 saturated heterocycles. The molecule has 1 aliphatic heterocycles. The lowest BCUT2D eigenvalue weighted by molar-refractivity contribution is 0.00586. The van der Waals surface area contributed by atoms with Crippen molar-refractivity contribution in [1.82, 2.24) is 4.90 Å². The van der Waals surface area contributed by atoms with Crippen LogP contribution in [0, 0.1) is 5.92 Å². The zero-order valence-electron chi connectivity index (χ0n) is 14.0. The van der Waals surface area contributed by atoms with Gasteiger partial charge < -0.3 is 9.64 Å². The van der Waals surface area contributed by atoms with Crippen molar-refractivity contribution >= 4 is 0 Å². The first-order chi connectivity index (χ1) is 8.72. The van der Waals surface area contributed by atoms with Gasteiger partial charge in [-0.2, -0.15) is 0 Å². The molecule has 0 aromatic heterocycles. The van der Waals surface area contributed by atoms with Gasteiger partial charge in [-0.25, -0.2) is 0 Å². The molecule has 2 heteroatoms. The minimum Gasteiger partial charge on any atom is -0.378 e. The van der Waals surface area contributed by atoms with Gasteiger partial charge in [0.1, 0.15) is 0 Å². The van der Waals surface area contributed by atoms with Crippen LogP contribution in [-0.2, 0) is 4.74 Å². The second-order valence-corrected chi connectivity index (χ2v) is 4.76.